The van der Waals surface area contributed by atoms with E-state index >= 15 is 0 Å². The van der Waals surface area contributed by atoms with Gasteiger partial charge in [-0.25, -0.2) is 4.98 Å². The molecule has 0 bridgehead atoms. The van der Waals surface area contributed by atoms with E-state index in [1.807, 2.05) is 0 Å². The first-order valence-corrected chi connectivity index (χ1v) is 8.25. The molecule has 0 spiro atoms. The minimum atomic E-state index is -4.64. The maximum Gasteiger partial charge on any atom is 0.434 e. The highest BCUT2D eigenvalue weighted by molar-refractivity contribution is 7.14. The molecule has 0 radical (unpaired) electrons. The number of halogens is 3. The van der Waals surface area contributed by atoms with Crippen molar-refractivity contribution in [3.05, 3.63) is 40.4 Å². The number of esters is 1. The Bertz CT molecular complexity index is 893. The number of carbonyl (C=O) groups is 3. The van der Waals surface area contributed by atoms with Gasteiger partial charge in [-0.2, -0.15) is 13.2 Å². The highest BCUT2D eigenvalue weighted by atomic mass is 32.1. The lowest BCUT2D eigenvalue weighted by Crippen LogP contribution is -2.23. The Balaban J connectivity index is 2.36. The van der Waals surface area contributed by atoms with Crippen LogP contribution in [0.5, 0.6) is 5.75 Å². The number of nitrogens with one attached hydrogen (secondary N) is 1. The smallest absolute Gasteiger partial charge is 0.426 e. The second-order valence-corrected chi connectivity index (χ2v) is 6.35. The number of rotatable bonds is 4. The van der Waals surface area contributed by atoms with Gasteiger partial charge < -0.3 is 9.64 Å². The SMILES string of the molecule is CC(=O)Oc1ccc(C(=O)N(C)C)cc1C(=O)Nc1nc(C(F)(F)F)cs1. The molecule has 0 fully saturated rings. The second kappa shape index (κ2) is 7.74. The summed E-state index contributed by atoms with van der Waals surface area (Å²) in [5.41, 5.74) is -1.20. The van der Waals surface area contributed by atoms with Crippen LogP contribution in [0.2, 0.25) is 0 Å². The highest BCUT2D eigenvalue weighted by Gasteiger charge is 2.34. The lowest BCUT2D eigenvalue weighted by atomic mass is 10.1. The van der Waals surface area contributed by atoms with E-state index in [2.05, 4.69) is 10.3 Å². The summed E-state index contributed by atoms with van der Waals surface area (Å²) in [6.07, 6.45) is -4.64. The van der Waals surface area contributed by atoms with Crippen molar-refractivity contribution in [3.63, 3.8) is 0 Å². The fraction of sp³-hybridized carbons (Fsp3) is 0.250. The minimum absolute atomic E-state index is 0.135. The minimum Gasteiger partial charge on any atom is -0.426 e. The largest absolute Gasteiger partial charge is 0.434 e. The van der Waals surface area contributed by atoms with E-state index in [1.54, 1.807) is 0 Å². The number of anilines is 1. The molecule has 27 heavy (non-hydrogen) atoms. The van der Waals surface area contributed by atoms with Crippen LogP contribution in [0.25, 0.3) is 0 Å². The monoisotopic (exact) mass is 401 g/mol. The third-order valence-corrected chi connectivity index (χ3v) is 3.90. The van der Waals surface area contributed by atoms with Gasteiger partial charge >= 0.3 is 12.1 Å². The number of ether oxygens (including phenoxy) is 1. The lowest BCUT2D eigenvalue weighted by Gasteiger charge is -2.13. The molecule has 1 aromatic carbocycles. The van der Waals surface area contributed by atoms with Gasteiger partial charge in [0.1, 0.15) is 5.75 Å². The van der Waals surface area contributed by atoms with Crippen LogP contribution >= 0.6 is 11.3 Å². The molecular formula is C16H14F3N3O4S. The average Bonchev–Trinajstić information content (AvgIpc) is 3.02. The quantitative estimate of drug-likeness (QED) is 0.628. The van der Waals surface area contributed by atoms with Crippen LogP contribution in [-0.4, -0.2) is 41.8 Å². The fourth-order valence-corrected chi connectivity index (χ4v) is 2.68. The molecular weight excluding hydrogens is 387 g/mol. The first-order chi connectivity index (χ1) is 12.5. The van der Waals surface area contributed by atoms with Crippen LogP contribution in [0.15, 0.2) is 23.6 Å². The van der Waals surface area contributed by atoms with Gasteiger partial charge in [-0.15, -0.1) is 11.3 Å². The van der Waals surface area contributed by atoms with Crippen LogP contribution in [0.3, 0.4) is 0 Å². The Morgan fingerprint density at radius 3 is 2.41 bits per heavy atom. The van der Waals surface area contributed by atoms with Gasteiger partial charge in [0.25, 0.3) is 11.8 Å². The Kier molecular flexibility index (Phi) is 5.84. The zero-order chi connectivity index (χ0) is 20.4. The van der Waals surface area contributed by atoms with Crippen molar-refractivity contribution in [1.82, 2.24) is 9.88 Å². The second-order valence-electron chi connectivity index (χ2n) is 5.49. The molecule has 7 nitrogen and oxygen atoms in total. The van der Waals surface area contributed by atoms with E-state index in [0.29, 0.717) is 11.3 Å². The maximum atomic E-state index is 12.6. The molecule has 1 heterocycles. The molecule has 0 unspecified atom stereocenters. The van der Waals surface area contributed by atoms with Crippen molar-refractivity contribution in [2.45, 2.75) is 13.1 Å². The van der Waals surface area contributed by atoms with Crippen molar-refractivity contribution in [2.75, 3.05) is 19.4 Å². The number of carbonyl (C=O) groups excluding carboxylic acids is 3. The summed E-state index contributed by atoms with van der Waals surface area (Å²) in [7, 11) is 3.02. The summed E-state index contributed by atoms with van der Waals surface area (Å²) in [5.74, 6) is -2.12. The molecule has 0 saturated heterocycles. The summed E-state index contributed by atoms with van der Waals surface area (Å²) in [4.78, 5) is 40.4. The summed E-state index contributed by atoms with van der Waals surface area (Å²) < 4.78 is 42.8. The summed E-state index contributed by atoms with van der Waals surface area (Å²) in [6.45, 7) is 1.12. The lowest BCUT2D eigenvalue weighted by molar-refractivity contribution is -0.140. The predicted octanol–water partition coefficient (Wildman–Crippen LogP) is 3.04. The van der Waals surface area contributed by atoms with Crippen molar-refractivity contribution in [1.29, 1.82) is 0 Å². The number of thiazole rings is 1. The Morgan fingerprint density at radius 1 is 1.22 bits per heavy atom. The number of benzene rings is 1. The molecule has 0 aliphatic heterocycles. The molecule has 1 aromatic heterocycles. The van der Waals surface area contributed by atoms with Crippen molar-refractivity contribution in [3.8, 4) is 5.75 Å². The number of hydrogen-bond donors (Lipinski definition) is 1. The molecule has 11 heteroatoms. The van der Waals surface area contributed by atoms with Crippen LogP contribution in [0, 0.1) is 0 Å². The van der Waals surface area contributed by atoms with Gasteiger partial charge in [-0.05, 0) is 18.2 Å². The first kappa shape index (κ1) is 20.4. The summed E-state index contributed by atoms with van der Waals surface area (Å²) >= 11 is 0.589. The number of hydrogen-bond acceptors (Lipinski definition) is 6. The van der Waals surface area contributed by atoms with Gasteiger partial charge in [0, 0.05) is 32.0 Å². The molecule has 1 N–H and O–H groups in total. The van der Waals surface area contributed by atoms with E-state index in [9.17, 15) is 27.6 Å². The van der Waals surface area contributed by atoms with Crippen molar-refractivity contribution < 1.29 is 32.3 Å². The molecule has 2 rings (SSSR count). The topological polar surface area (TPSA) is 88.6 Å². The van der Waals surface area contributed by atoms with E-state index in [-0.39, 0.29) is 22.0 Å². The first-order valence-electron chi connectivity index (χ1n) is 7.37. The average molecular weight is 401 g/mol. The standard InChI is InChI=1S/C16H14F3N3O4S/c1-8(23)26-11-5-4-9(14(25)22(2)3)6-10(11)13(24)21-15-20-12(7-27-15)16(17,18)19/h4-7H,1-3H3,(H,20,21,24). The number of aromatic nitrogens is 1. The van der Waals surface area contributed by atoms with Gasteiger partial charge in [0.15, 0.2) is 10.8 Å². The van der Waals surface area contributed by atoms with Crippen LogP contribution < -0.4 is 10.1 Å². The third kappa shape index (κ3) is 5.03. The molecule has 0 atom stereocenters. The Morgan fingerprint density at radius 2 is 1.89 bits per heavy atom. The van der Waals surface area contributed by atoms with Crippen LogP contribution in [0.4, 0.5) is 18.3 Å². The van der Waals surface area contributed by atoms with E-state index in [1.165, 1.54) is 37.2 Å². The molecule has 0 saturated carbocycles. The Labute approximate surface area is 155 Å². The molecule has 2 amide bonds. The zero-order valence-corrected chi connectivity index (χ0v) is 15.2. The highest BCUT2D eigenvalue weighted by Crippen LogP contribution is 2.32. The van der Waals surface area contributed by atoms with Crippen LogP contribution in [-0.2, 0) is 11.0 Å². The number of alkyl halides is 3. The van der Waals surface area contributed by atoms with E-state index < -0.39 is 29.7 Å². The van der Waals surface area contributed by atoms with Crippen molar-refractivity contribution in [2.24, 2.45) is 0 Å². The zero-order valence-electron chi connectivity index (χ0n) is 14.4. The van der Waals surface area contributed by atoms with Gasteiger partial charge in [-0.3, -0.25) is 19.7 Å². The molecule has 144 valence electrons. The van der Waals surface area contributed by atoms with Gasteiger partial charge in [-0.1, -0.05) is 0 Å². The summed E-state index contributed by atoms with van der Waals surface area (Å²) in [6, 6.07) is 3.81. The molecule has 2 aromatic rings. The fourth-order valence-electron chi connectivity index (χ4n) is 1.97. The van der Waals surface area contributed by atoms with E-state index in [4.69, 9.17) is 4.74 Å². The summed E-state index contributed by atoms with van der Waals surface area (Å²) in [5, 5.41) is 2.68. The maximum absolute atomic E-state index is 12.6. The van der Waals surface area contributed by atoms with Gasteiger partial charge in [0.2, 0.25) is 0 Å². The van der Waals surface area contributed by atoms with E-state index in [0.717, 1.165) is 12.3 Å². The molecule has 0 aliphatic carbocycles. The number of nitrogens with zero attached hydrogens (tertiary/aromatic N) is 2. The third-order valence-electron chi connectivity index (χ3n) is 3.15. The predicted molar refractivity (Wildman–Crippen MR) is 90.8 cm³/mol. The Hall–Kier alpha value is -2.95. The van der Waals surface area contributed by atoms with Crippen molar-refractivity contribution >= 4 is 34.3 Å². The van der Waals surface area contributed by atoms with Gasteiger partial charge in [0.05, 0.1) is 5.56 Å². The van der Waals surface area contributed by atoms with Crippen LogP contribution in [0.1, 0.15) is 33.3 Å². The number of amides is 2. The normalized spacial score (nSPS) is 11.0. The molecule has 0 aliphatic rings.